The molecule has 3 N–H and O–H groups in total. The van der Waals surface area contributed by atoms with Crippen LogP contribution in [0.25, 0.3) is 22.3 Å². The summed E-state index contributed by atoms with van der Waals surface area (Å²) in [5.41, 5.74) is 14.7. The van der Waals surface area contributed by atoms with Gasteiger partial charge in [-0.3, -0.25) is 19.6 Å². The molecule has 0 radical (unpaired) electrons. The quantitative estimate of drug-likeness (QED) is 0.0511. The number of aliphatic carboxylic acids is 1. The number of rotatable bonds is 24. The number of carboxylic acids is 1. The van der Waals surface area contributed by atoms with E-state index in [0.29, 0.717) is 5.56 Å². The molecule has 0 saturated carbocycles. The second-order valence-corrected chi connectivity index (χ2v) is 20.4. The van der Waals surface area contributed by atoms with E-state index < -0.39 is 17.2 Å². The Kier molecular flexibility index (Phi) is 20.9. The first kappa shape index (κ1) is 57.9. The van der Waals surface area contributed by atoms with Crippen LogP contribution in [0.5, 0.6) is 0 Å². The monoisotopic (exact) mass is 989 g/mol. The van der Waals surface area contributed by atoms with Crippen molar-refractivity contribution in [2.75, 3.05) is 7.11 Å². The maximum atomic E-state index is 11.7. The summed E-state index contributed by atoms with van der Waals surface area (Å²) in [6.45, 7) is 21.7. The highest BCUT2D eigenvalue weighted by atomic mass is 16.5. The van der Waals surface area contributed by atoms with Crippen molar-refractivity contribution >= 4 is 11.9 Å². The van der Waals surface area contributed by atoms with Crippen molar-refractivity contribution in [1.29, 1.82) is 0 Å². The normalized spacial score (nSPS) is 12.0. The summed E-state index contributed by atoms with van der Waals surface area (Å²) in [5, 5.41) is 30.6. The Bertz CT molecular complexity index is 2710. The Morgan fingerprint density at radius 2 is 0.822 bits per heavy atom. The van der Waals surface area contributed by atoms with Crippen LogP contribution in [0, 0.1) is 13.8 Å². The number of aromatic nitrogens is 2. The highest BCUT2D eigenvalue weighted by molar-refractivity contribution is 5.74. The molecule has 0 unspecified atom stereocenters. The first-order chi connectivity index (χ1) is 34.9. The number of benzene rings is 4. The van der Waals surface area contributed by atoms with Crippen molar-refractivity contribution in [3.63, 3.8) is 0 Å². The molecule has 0 aliphatic heterocycles. The summed E-state index contributed by atoms with van der Waals surface area (Å²) < 4.78 is 4.80. The molecular formula is C65H84N2O6. The second kappa shape index (κ2) is 26.3. The highest BCUT2D eigenvalue weighted by Gasteiger charge is 2.33. The predicted molar refractivity (Wildman–Crippen MR) is 299 cm³/mol. The third kappa shape index (κ3) is 14.2. The number of esters is 1. The molecule has 8 heteroatoms. The molecule has 4 aromatic carbocycles. The molecule has 6 rings (SSSR count). The Balaban J connectivity index is 0.000000271. The van der Waals surface area contributed by atoms with Crippen LogP contribution >= 0.6 is 0 Å². The summed E-state index contributed by atoms with van der Waals surface area (Å²) >= 11 is 0. The van der Waals surface area contributed by atoms with Crippen molar-refractivity contribution in [2.45, 2.75) is 181 Å². The standard InChI is InChI=1S/C33H43NO3.C32H41NO3/c1-7-32(36,8-2)18-17-26-11-16-30(19-24(26)5)33(9-3,10-4)29-14-12-27(13-15-29)28-20-25(22-34-23-28)21-31(35)37-6;1-6-31(36,7-2)17-16-25-10-15-29(18-23(25)5)32(8-3,9-4)28-13-11-26(12-14-28)27-19-24(20-30(34)35)21-33-22-27/h11-16,19-20,22-23,36H,7-10,17-18,21H2,1-6H3;10-15,18-19,21-22,36H,6-9,16-17,20H2,1-5H3,(H,34,35). The zero-order chi connectivity index (χ0) is 53.4. The number of ether oxygens (including phenoxy) is 1. The molecule has 0 spiro atoms. The Hall–Kier alpha value is -5.96. The number of carbonyl (C=O) groups is 2. The van der Waals surface area contributed by atoms with Crippen molar-refractivity contribution in [2.24, 2.45) is 0 Å². The smallest absolute Gasteiger partial charge is 0.310 e. The maximum absolute atomic E-state index is 11.7. The van der Waals surface area contributed by atoms with E-state index in [2.05, 4.69) is 164 Å². The number of hydrogen-bond acceptors (Lipinski definition) is 7. The molecule has 0 saturated heterocycles. The van der Waals surface area contributed by atoms with Gasteiger partial charge in [-0.15, -0.1) is 0 Å². The molecule has 0 bridgehead atoms. The van der Waals surface area contributed by atoms with Gasteiger partial charge in [-0.05, 0) is 170 Å². The van der Waals surface area contributed by atoms with Gasteiger partial charge in [0.15, 0.2) is 0 Å². The van der Waals surface area contributed by atoms with Gasteiger partial charge in [-0.25, -0.2) is 0 Å². The van der Waals surface area contributed by atoms with Gasteiger partial charge in [-0.2, -0.15) is 0 Å². The molecule has 0 aliphatic carbocycles. The fourth-order valence-electron chi connectivity index (χ4n) is 10.8. The van der Waals surface area contributed by atoms with Gasteiger partial charge in [0.25, 0.3) is 0 Å². The molecule has 0 amide bonds. The average molecular weight is 989 g/mol. The lowest BCUT2D eigenvalue weighted by molar-refractivity contribution is -0.140. The minimum Gasteiger partial charge on any atom is -0.481 e. The molecule has 390 valence electrons. The second-order valence-electron chi connectivity index (χ2n) is 20.4. The number of aliphatic hydroxyl groups is 2. The number of aryl methyl sites for hydroxylation is 4. The highest BCUT2D eigenvalue weighted by Crippen LogP contribution is 2.42. The number of pyridine rings is 2. The molecule has 0 fully saturated rings. The minimum atomic E-state index is -0.854. The summed E-state index contributed by atoms with van der Waals surface area (Å²) in [7, 11) is 1.40. The summed E-state index contributed by atoms with van der Waals surface area (Å²) in [5.74, 6) is -1.12. The average Bonchev–Trinajstić information content (AvgIpc) is 3.41. The number of nitrogens with zero attached hydrogens (tertiary/aromatic N) is 2. The van der Waals surface area contributed by atoms with Crippen LogP contribution in [0.2, 0.25) is 0 Å². The van der Waals surface area contributed by atoms with E-state index in [1.165, 1.54) is 51.6 Å². The first-order valence-electron chi connectivity index (χ1n) is 27.0. The lowest BCUT2D eigenvalue weighted by atomic mass is 9.70. The van der Waals surface area contributed by atoms with Gasteiger partial charge in [0.1, 0.15) is 0 Å². The Morgan fingerprint density at radius 1 is 0.466 bits per heavy atom. The molecule has 73 heavy (non-hydrogen) atoms. The third-order valence-corrected chi connectivity index (χ3v) is 16.6. The molecular weight excluding hydrogens is 905 g/mol. The van der Waals surface area contributed by atoms with Crippen LogP contribution in [-0.2, 0) is 50.8 Å². The van der Waals surface area contributed by atoms with E-state index in [9.17, 15) is 19.8 Å². The van der Waals surface area contributed by atoms with E-state index in [1.54, 1.807) is 18.6 Å². The lowest BCUT2D eigenvalue weighted by Gasteiger charge is -2.34. The molecule has 0 atom stereocenters. The fraction of sp³-hybridized carbons (Fsp3) is 0.446. The Morgan fingerprint density at radius 3 is 1.14 bits per heavy atom. The number of carbonyl (C=O) groups excluding carboxylic acids is 1. The van der Waals surface area contributed by atoms with Crippen molar-refractivity contribution < 1.29 is 29.6 Å². The largest absolute Gasteiger partial charge is 0.481 e. The molecule has 6 aromatic rings. The van der Waals surface area contributed by atoms with E-state index in [-0.39, 0.29) is 29.6 Å². The summed E-state index contributed by atoms with van der Waals surface area (Å²) in [4.78, 5) is 31.3. The van der Waals surface area contributed by atoms with Gasteiger partial charge in [0.05, 0.1) is 31.2 Å². The SMILES string of the molecule is CCC(O)(CC)CCc1ccc(C(CC)(CC)c2ccc(-c3cncc(CC(=O)O)c3)cc2)cc1C.CCC(O)(CC)CCc1ccc(C(CC)(CC)c2ccc(-c3cncc(CC(=O)OC)c3)cc2)cc1C. The van der Waals surface area contributed by atoms with Crippen LogP contribution in [0.4, 0.5) is 0 Å². The van der Waals surface area contributed by atoms with Crippen LogP contribution < -0.4 is 0 Å². The van der Waals surface area contributed by atoms with E-state index >= 15 is 0 Å². The predicted octanol–water partition coefficient (Wildman–Crippen LogP) is 14.6. The maximum Gasteiger partial charge on any atom is 0.310 e. The van der Waals surface area contributed by atoms with Gasteiger partial charge in [-0.1, -0.05) is 140 Å². The number of methoxy groups -OCH3 is 1. The number of carboxylic acid groups (broad SMARTS) is 1. The Labute approximate surface area is 437 Å². The summed E-state index contributed by atoms with van der Waals surface area (Å²) in [6.07, 6.45) is 17.6. The van der Waals surface area contributed by atoms with E-state index in [1.807, 2.05) is 18.3 Å². The van der Waals surface area contributed by atoms with Gasteiger partial charge >= 0.3 is 11.9 Å². The van der Waals surface area contributed by atoms with Crippen LogP contribution in [0.3, 0.4) is 0 Å². The zero-order valence-electron chi connectivity index (χ0n) is 45.9. The van der Waals surface area contributed by atoms with Gasteiger partial charge < -0.3 is 20.1 Å². The van der Waals surface area contributed by atoms with Crippen LogP contribution in [0.15, 0.2) is 122 Å². The van der Waals surface area contributed by atoms with Gasteiger partial charge in [0, 0.05) is 46.7 Å². The van der Waals surface area contributed by atoms with Crippen molar-refractivity contribution in [3.8, 4) is 22.3 Å². The third-order valence-electron chi connectivity index (χ3n) is 16.6. The molecule has 0 aliphatic rings. The molecule has 2 aromatic heterocycles. The topological polar surface area (TPSA) is 130 Å². The van der Waals surface area contributed by atoms with E-state index in [0.717, 1.165) is 105 Å². The van der Waals surface area contributed by atoms with Crippen molar-refractivity contribution in [1.82, 2.24) is 9.97 Å². The zero-order valence-corrected chi connectivity index (χ0v) is 45.9. The molecule has 8 nitrogen and oxygen atoms in total. The summed E-state index contributed by atoms with van der Waals surface area (Å²) in [6, 6.07) is 35.1. The van der Waals surface area contributed by atoms with Gasteiger partial charge in [0.2, 0.25) is 0 Å². The van der Waals surface area contributed by atoms with E-state index in [4.69, 9.17) is 9.84 Å². The lowest BCUT2D eigenvalue weighted by Crippen LogP contribution is -2.27. The minimum absolute atomic E-state index is 0.0285. The number of hydrogen-bond donors (Lipinski definition) is 3. The van der Waals surface area contributed by atoms with Crippen molar-refractivity contribution in [3.05, 3.63) is 177 Å². The van der Waals surface area contributed by atoms with Crippen LogP contribution in [0.1, 0.15) is 175 Å². The fourth-order valence-corrected chi connectivity index (χ4v) is 10.8. The first-order valence-corrected chi connectivity index (χ1v) is 27.0. The molecule has 2 heterocycles. The van der Waals surface area contributed by atoms with Crippen LogP contribution in [-0.4, -0.2) is 55.5 Å².